The smallest absolute Gasteiger partial charge is 0.224 e. The number of rotatable bonds is 11. The van der Waals surface area contributed by atoms with Crippen LogP contribution in [0.5, 0.6) is 0 Å². The van der Waals surface area contributed by atoms with Gasteiger partial charge >= 0.3 is 0 Å². The number of amides is 2. The Balaban J connectivity index is 4.45. The summed E-state index contributed by atoms with van der Waals surface area (Å²) in [5, 5.41) is 5.29. The molecule has 0 saturated carbocycles. The van der Waals surface area contributed by atoms with Crippen LogP contribution in [-0.2, 0) is 14.4 Å². The molecule has 6 nitrogen and oxygen atoms in total. The molecule has 7 heteroatoms. The second kappa shape index (κ2) is 11.6. The third-order valence-corrected chi connectivity index (χ3v) is 3.61. The first-order chi connectivity index (χ1) is 9.90. The number of carbonyl (C=O) groups excluding carboxylic acids is 3. The number of nitrogens with zero attached hydrogens (tertiary/aromatic N) is 1. The summed E-state index contributed by atoms with van der Waals surface area (Å²) in [7, 11) is 5.36. The predicted molar refractivity (Wildman–Crippen MR) is 86.4 cm³/mol. The molecule has 0 bridgehead atoms. The second-order valence-corrected chi connectivity index (χ2v) is 6.14. The van der Waals surface area contributed by atoms with E-state index < -0.39 is 5.92 Å². The van der Waals surface area contributed by atoms with Crippen LogP contribution in [-0.4, -0.2) is 68.7 Å². The Kier molecular flexibility index (Phi) is 11.0. The number of thioether (sulfide) groups is 1. The zero-order valence-corrected chi connectivity index (χ0v) is 14.2. The van der Waals surface area contributed by atoms with Crippen molar-refractivity contribution in [1.82, 2.24) is 15.5 Å². The van der Waals surface area contributed by atoms with E-state index in [9.17, 15) is 14.4 Å². The third-order valence-electron chi connectivity index (χ3n) is 3.00. The van der Waals surface area contributed by atoms with Gasteiger partial charge in [-0.2, -0.15) is 11.8 Å². The predicted octanol–water partition coefficient (Wildman–Crippen LogP) is 0.129. The van der Waals surface area contributed by atoms with Gasteiger partial charge in [-0.25, -0.2) is 0 Å². The Hall–Kier alpha value is -1.08. The highest BCUT2D eigenvalue weighted by Gasteiger charge is 2.24. The van der Waals surface area contributed by atoms with E-state index in [0.717, 1.165) is 12.3 Å². The Morgan fingerprint density at radius 2 is 1.86 bits per heavy atom. The van der Waals surface area contributed by atoms with Crippen molar-refractivity contribution in [3.63, 3.8) is 0 Å². The summed E-state index contributed by atoms with van der Waals surface area (Å²) in [5.41, 5.74) is 0. The molecule has 0 spiro atoms. The molecule has 0 aliphatic heterocycles. The number of Topliss-reactive ketones (excluding diaryl/α,β-unsaturated/α-hetero) is 1. The minimum Gasteiger partial charge on any atom is -0.359 e. The maximum atomic E-state index is 12.1. The Morgan fingerprint density at radius 1 is 1.19 bits per heavy atom. The molecule has 0 radical (unpaired) electrons. The standard InChI is InChI=1S/C14H27N3O3S/c1-15-13(19)10-11(9-12(18)5-8-21-4)14(20)16-6-7-17(2)3/h11H,5-10H2,1-4H3,(H,15,19)(H,16,20). The van der Waals surface area contributed by atoms with Crippen molar-refractivity contribution in [1.29, 1.82) is 0 Å². The van der Waals surface area contributed by atoms with Crippen molar-refractivity contribution >= 4 is 29.4 Å². The van der Waals surface area contributed by atoms with Crippen LogP contribution in [0.25, 0.3) is 0 Å². The van der Waals surface area contributed by atoms with Gasteiger partial charge in [-0.15, -0.1) is 0 Å². The molecule has 0 aromatic rings. The fourth-order valence-corrected chi connectivity index (χ4v) is 2.16. The fourth-order valence-electron chi connectivity index (χ4n) is 1.72. The lowest BCUT2D eigenvalue weighted by atomic mass is 9.96. The van der Waals surface area contributed by atoms with E-state index in [4.69, 9.17) is 0 Å². The summed E-state index contributed by atoms with van der Waals surface area (Å²) in [6.07, 6.45) is 2.55. The molecular weight excluding hydrogens is 290 g/mol. The first-order valence-corrected chi connectivity index (χ1v) is 8.43. The van der Waals surface area contributed by atoms with Gasteiger partial charge in [-0.3, -0.25) is 14.4 Å². The van der Waals surface area contributed by atoms with Gasteiger partial charge in [0.05, 0.1) is 5.92 Å². The first-order valence-electron chi connectivity index (χ1n) is 7.04. The lowest BCUT2D eigenvalue weighted by molar-refractivity contribution is -0.132. The Labute approximate surface area is 131 Å². The first kappa shape index (κ1) is 19.9. The van der Waals surface area contributed by atoms with Crippen molar-refractivity contribution in [3.05, 3.63) is 0 Å². The SMILES string of the molecule is CNC(=O)CC(CC(=O)CCSC)C(=O)NCCN(C)C. The summed E-state index contributed by atoms with van der Waals surface area (Å²) in [6.45, 7) is 1.23. The summed E-state index contributed by atoms with van der Waals surface area (Å²) in [5.74, 6) is -0.255. The van der Waals surface area contributed by atoms with Crippen LogP contribution in [0.2, 0.25) is 0 Å². The van der Waals surface area contributed by atoms with Gasteiger partial charge in [-0.05, 0) is 26.1 Å². The van der Waals surface area contributed by atoms with Crippen molar-refractivity contribution in [3.8, 4) is 0 Å². The van der Waals surface area contributed by atoms with E-state index in [1.807, 2.05) is 25.3 Å². The number of nitrogens with one attached hydrogen (secondary N) is 2. The molecule has 0 fully saturated rings. The molecule has 1 atom stereocenters. The van der Waals surface area contributed by atoms with E-state index in [1.54, 1.807) is 11.8 Å². The van der Waals surface area contributed by atoms with Gasteiger partial charge in [0, 0.05) is 39.4 Å². The highest BCUT2D eigenvalue weighted by Crippen LogP contribution is 2.12. The van der Waals surface area contributed by atoms with Crippen molar-refractivity contribution < 1.29 is 14.4 Å². The van der Waals surface area contributed by atoms with Gasteiger partial charge in [0.15, 0.2) is 0 Å². The molecule has 0 aromatic carbocycles. The van der Waals surface area contributed by atoms with Crippen LogP contribution < -0.4 is 10.6 Å². The Bertz CT molecular complexity index is 348. The van der Waals surface area contributed by atoms with Gasteiger partial charge in [0.2, 0.25) is 11.8 Å². The molecule has 122 valence electrons. The minimum absolute atomic E-state index is 0.0287. The maximum absolute atomic E-state index is 12.1. The number of likely N-dealkylation sites (N-methyl/N-ethyl adjacent to an activating group) is 1. The van der Waals surface area contributed by atoms with Crippen molar-refractivity contribution in [2.24, 2.45) is 5.92 Å². The van der Waals surface area contributed by atoms with E-state index in [-0.39, 0.29) is 30.4 Å². The number of ketones is 1. The van der Waals surface area contributed by atoms with Crippen molar-refractivity contribution in [2.45, 2.75) is 19.3 Å². The maximum Gasteiger partial charge on any atom is 0.224 e. The van der Waals surface area contributed by atoms with E-state index in [2.05, 4.69) is 10.6 Å². The quantitative estimate of drug-likeness (QED) is 0.566. The molecule has 0 rings (SSSR count). The fraction of sp³-hybridized carbons (Fsp3) is 0.786. The summed E-state index contributed by atoms with van der Waals surface area (Å²) in [4.78, 5) is 37.4. The molecule has 0 aliphatic rings. The summed E-state index contributed by atoms with van der Waals surface area (Å²) in [6, 6.07) is 0. The highest BCUT2D eigenvalue weighted by atomic mass is 32.2. The average molecular weight is 317 g/mol. The molecule has 1 unspecified atom stereocenters. The van der Waals surface area contributed by atoms with Crippen LogP contribution >= 0.6 is 11.8 Å². The molecular formula is C14H27N3O3S. The molecule has 0 saturated heterocycles. The van der Waals surface area contributed by atoms with Gasteiger partial charge in [0.25, 0.3) is 0 Å². The van der Waals surface area contributed by atoms with Gasteiger partial charge in [-0.1, -0.05) is 0 Å². The lowest BCUT2D eigenvalue weighted by Gasteiger charge is -2.17. The third kappa shape index (κ3) is 10.3. The van der Waals surface area contributed by atoms with Crippen LogP contribution in [0, 0.1) is 5.92 Å². The number of hydrogen-bond donors (Lipinski definition) is 2. The zero-order valence-electron chi connectivity index (χ0n) is 13.4. The van der Waals surface area contributed by atoms with Crippen LogP contribution in [0.4, 0.5) is 0 Å². The molecule has 0 heterocycles. The Morgan fingerprint density at radius 3 is 2.38 bits per heavy atom. The molecule has 0 aromatic heterocycles. The zero-order chi connectivity index (χ0) is 16.3. The van der Waals surface area contributed by atoms with Gasteiger partial charge in [0.1, 0.15) is 5.78 Å². The summed E-state index contributed by atoms with van der Waals surface area (Å²) >= 11 is 1.59. The number of hydrogen-bond acceptors (Lipinski definition) is 5. The molecule has 0 aliphatic carbocycles. The van der Waals surface area contributed by atoms with Crippen LogP contribution in [0.15, 0.2) is 0 Å². The van der Waals surface area contributed by atoms with Gasteiger partial charge < -0.3 is 15.5 Å². The molecule has 2 N–H and O–H groups in total. The minimum atomic E-state index is -0.582. The molecule has 2 amide bonds. The monoisotopic (exact) mass is 317 g/mol. The molecule has 21 heavy (non-hydrogen) atoms. The largest absolute Gasteiger partial charge is 0.359 e. The van der Waals surface area contributed by atoms with Crippen LogP contribution in [0.3, 0.4) is 0 Å². The van der Waals surface area contributed by atoms with Crippen LogP contribution in [0.1, 0.15) is 19.3 Å². The highest BCUT2D eigenvalue weighted by molar-refractivity contribution is 7.98. The number of carbonyl (C=O) groups is 3. The summed E-state index contributed by atoms with van der Waals surface area (Å²) < 4.78 is 0. The van der Waals surface area contributed by atoms with E-state index in [1.165, 1.54) is 7.05 Å². The second-order valence-electron chi connectivity index (χ2n) is 5.15. The van der Waals surface area contributed by atoms with Crippen molar-refractivity contribution in [2.75, 3.05) is 46.2 Å². The van der Waals surface area contributed by atoms with E-state index in [0.29, 0.717) is 13.0 Å². The lowest BCUT2D eigenvalue weighted by Crippen LogP contribution is -2.38. The van der Waals surface area contributed by atoms with E-state index >= 15 is 0 Å². The topological polar surface area (TPSA) is 78.5 Å². The normalized spacial score (nSPS) is 12.0. The average Bonchev–Trinajstić information content (AvgIpc) is 2.43.